The average Bonchev–Trinajstić information content (AvgIpc) is 3.46. The van der Waals surface area contributed by atoms with Gasteiger partial charge in [0.05, 0.1) is 19.0 Å². The molecule has 0 aromatic carbocycles. The van der Waals surface area contributed by atoms with Gasteiger partial charge in [0.25, 0.3) is 0 Å². The summed E-state index contributed by atoms with van der Waals surface area (Å²) in [5.41, 5.74) is 1.53. The number of hydrogen-bond acceptors (Lipinski definition) is 5. The van der Waals surface area contributed by atoms with Crippen LogP contribution in [-0.4, -0.2) is 43.0 Å². The maximum Gasteiger partial charge on any atom is 0.303 e. The number of carbonyl (C=O) groups is 1. The zero-order chi connectivity index (χ0) is 26.4. The van der Waals surface area contributed by atoms with Crippen LogP contribution in [0.2, 0.25) is 0 Å². The highest BCUT2D eigenvalue weighted by atomic mass is 16.7. The monoisotopic (exact) mass is 530 g/mol. The predicted octanol–water partition coefficient (Wildman–Crippen LogP) is 7.69. The number of hydrogen-bond donors (Lipinski definition) is 1. The molecule has 6 atom stereocenters. The summed E-state index contributed by atoms with van der Waals surface area (Å²) in [5, 5.41) is 8.91. The van der Waals surface area contributed by atoms with Crippen LogP contribution in [0.3, 0.4) is 0 Å². The number of carboxylic acid groups (broad SMARTS) is 1. The summed E-state index contributed by atoms with van der Waals surface area (Å²) in [7, 11) is 0. The lowest BCUT2D eigenvalue weighted by Crippen LogP contribution is -2.30. The minimum Gasteiger partial charge on any atom is -0.481 e. The van der Waals surface area contributed by atoms with E-state index in [1.807, 2.05) is 6.26 Å². The van der Waals surface area contributed by atoms with Gasteiger partial charge in [-0.1, -0.05) is 30.2 Å². The second-order valence-corrected chi connectivity index (χ2v) is 11.6. The van der Waals surface area contributed by atoms with Crippen molar-refractivity contribution in [2.75, 3.05) is 13.2 Å². The summed E-state index contributed by atoms with van der Waals surface area (Å²) in [6.07, 6.45) is 29.3. The van der Waals surface area contributed by atoms with Crippen molar-refractivity contribution in [3.8, 4) is 0 Å². The van der Waals surface area contributed by atoms with E-state index in [1.165, 1.54) is 37.7 Å². The van der Waals surface area contributed by atoms with E-state index in [2.05, 4.69) is 24.3 Å². The van der Waals surface area contributed by atoms with E-state index in [0.717, 1.165) is 83.8 Å². The number of unbranched alkanes of at least 4 members (excludes halogenated alkanes) is 5. The number of carboxylic acids is 1. The summed E-state index contributed by atoms with van der Waals surface area (Å²) in [5.74, 6) is 0.960. The lowest BCUT2D eigenvalue weighted by Gasteiger charge is -2.29. The highest BCUT2D eigenvalue weighted by molar-refractivity contribution is 5.66. The summed E-state index contributed by atoms with van der Waals surface area (Å²) in [6.45, 7) is 1.64. The van der Waals surface area contributed by atoms with Crippen LogP contribution in [0.1, 0.15) is 109 Å². The Morgan fingerprint density at radius 2 is 1.71 bits per heavy atom. The minimum absolute atomic E-state index is 0.0374. The fraction of sp³-hybridized carbons (Fsp3) is 0.781. The van der Waals surface area contributed by atoms with Crippen LogP contribution < -0.4 is 0 Å². The molecule has 4 aliphatic rings. The lowest BCUT2D eigenvalue weighted by atomic mass is 9.88. The van der Waals surface area contributed by atoms with Gasteiger partial charge in [0, 0.05) is 25.4 Å². The van der Waals surface area contributed by atoms with Gasteiger partial charge in [0.15, 0.2) is 12.6 Å². The first-order valence-corrected chi connectivity index (χ1v) is 15.5. The minimum atomic E-state index is -0.687. The molecule has 3 fully saturated rings. The summed E-state index contributed by atoms with van der Waals surface area (Å²) >= 11 is 0. The van der Waals surface area contributed by atoms with Crippen molar-refractivity contribution in [2.45, 2.75) is 128 Å². The van der Waals surface area contributed by atoms with Crippen molar-refractivity contribution in [1.29, 1.82) is 0 Å². The van der Waals surface area contributed by atoms with E-state index in [9.17, 15) is 4.79 Å². The normalized spacial score (nSPS) is 31.6. The Morgan fingerprint density at radius 1 is 0.947 bits per heavy atom. The first-order chi connectivity index (χ1) is 18.7. The van der Waals surface area contributed by atoms with Crippen molar-refractivity contribution in [3.05, 3.63) is 36.1 Å². The van der Waals surface area contributed by atoms with Gasteiger partial charge in [0.1, 0.15) is 0 Å². The molecule has 0 aromatic heterocycles. The van der Waals surface area contributed by atoms with Crippen molar-refractivity contribution >= 4 is 5.97 Å². The molecule has 2 aliphatic heterocycles. The molecule has 2 saturated heterocycles. The third-order valence-electron chi connectivity index (χ3n) is 8.59. The Bertz CT molecular complexity index is 777. The average molecular weight is 531 g/mol. The van der Waals surface area contributed by atoms with Gasteiger partial charge in [-0.05, 0) is 108 Å². The molecule has 38 heavy (non-hydrogen) atoms. The van der Waals surface area contributed by atoms with Crippen LogP contribution in [0.15, 0.2) is 36.1 Å². The molecule has 0 bridgehead atoms. The van der Waals surface area contributed by atoms with Gasteiger partial charge >= 0.3 is 5.97 Å². The number of fused-ring (bicyclic) bond motifs is 1. The Hall–Kier alpha value is -1.63. The van der Waals surface area contributed by atoms with Crippen molar-refractivity contribution < 1.29 is 28.8 Å². The Balaban J connectivity index is 1.17. The quantitative estimate of drug-likeness (QED) is 0.125. The smallest absolute Gasteiger partial charge is 0.303 e. The van der Waals surface area contributed by atoms with Crippen LogP contribution in [0.5, 0.6) is 0 Å². The van der Waals surface area contributed by atoms with E-state index >= 15 is 0 Å². The highest BCUT2D eigenvalue weighted by Gasteiger charge is 2.45. The lowest BCUT2D eigenvalue weighted by molar-refractivity contribution is -0.192. The maximum absolute atomic E-state index is 10.8. The van der Waals surface area contributed by atoms with Crippen molar-refractivity contribution in [3.63, 3.8) is 0 Å². The summed E-state index contributed by atoms with van der Waals surface area (Å²) < 4.78 is 23.7. The van der Waals surface area contributed by atoms with Gasteiger partial charge in [-0.2, -0.15) is 0 Å². The number of ether oxygens (including phenoxy) is 4. The zero-order valence-corrected chi connectivity index (χ0v) is 23.3. The SMILES string of the molecule is O=C(O)CCCCC1=C[C@@H]2C[C@@H](OC3CCCCO3)[C@H](C=CCCCCCC=COC3CCCCO3)[C@@H]2C1. The van der Waals surface area contributed by atoms with Crippen molar-refractivity contribution in [1.82, 2.24) is 0 Å². The molecule has 4 rings (SSSR count). The Kier molecular flexibility index (Phi) is 12.7. The second kappa shape index (κ2) is 16.5. The molecule has 1 saturated carbocycles. The van der Waals surface area contributed by atoms with Crippen LogP contribution >= 0.6 is 0 Å². The molecule has 0 amide bonds. The largest absolute Gasteiger partial charge is 0.481 e. The molecule has 1 N–H and O–H groups in total. The van der Waals surface area contributed by atoms with Gasteiger partial charge in [-0.15, -0.1) is 0 Å². The van der Waals surface area contributed by atoms with Crippen LogP contribution in [0, 0.1) is 17.8 Å². The van der Waals surface area contributed by atoms with E-state index in [-0.39, 0.29) is 25.1 Å². The van der Waals surface area contributed by atoms with Gasteiger partial charge < -0.3 is 24.1 Å². The molecular formula is C32H50O6. The molecule has 2 heterocycles. The molecule has 6 heteroatoms. The number of allylic oxidation sites excluding steroid dienone is 4. The standard InChI is InChI=1S/C32H50O6/c33-30(34)16-8-7-14-25-22-26-24-29(38-32-18-10-13-21-37-32)27(28(26)23-25)15-6-4-2-1-3-5-11-19-35-31-17-9-12-20-36-31/h6,11,15,19,22,26-29,31-32H,1-5,7-10,12-14,16-18,20-21,23-24H2,(H,33,34)/t26-,27-,28-,29-,31?,32?/m1/s1. The number of aliphatic carboxylic acids is 1. The summed E-state index contributed by atoms with van der Waals surface area (Å²) in [6, 6.07) is 0. The topological polar surface area (TPSA) is 74.2 Å². The first-order valence-electron chi connectivity index (χ1n) is 15.5. The fourth-order valence-corrected chi connectivity index (χ4v) is 6.54. The van der Waals surface area contributed by atoms with E-state index in [1.54, 1.807) is 0 Å². The predicted molar refractivity (Wildman–Crippen MR) is 148 cm³/mol. The molecular weight excluding hydrogens is 480 g/mol. The zero-order valence-electron chi connectivity index (χ0n) is 23.3. The third kappa shape index (κ3) is 9.84. The molecule has 0 spiro atoms. The summed E-state index contributed by atoms with van der Waals surface area (Å²) in [4.78, 5) is 10.8. The molecule has 214 valence electrons. The van der Waals surface area contributed by atoms with Gasteiger partial charge in [-0.3, -0.25) is 4.79 Å². The van der Waals surface area contributed by atoms with E-state index < -0.39 is 5.97 Å². The fourth-order valence-electron chi connectivity index (χ4n) is 6.54. The molecule has 6 nitrogen and oxygen atoms in total. The van der Waals surface area contributed by atoms with E-state index in [4.69, 9.17) is 24.1 Å². The van der Waals surface area contributed by atoms with Gasteiger partial charge in [-0.25, -0.2) is 0 Å². The second-order valence-electron chi connectivity index (χ2n) is 11.6. The number of rotatable bonds is 16. The van der Waals surface area contributed by atoms with E-state index in [0.29, 0.717) is 17.8 Å². The van der Waals surface area contributed by atoms with Gasteiger partial charge in [0.2, 0.25) is 0 Å². The Labute approximate surface area is 229 Å². The molecule has 0 radical (unpaired) electrons. The molecule has 2 unspecified atom stereocenters. The maximum atomic E-state index is 10.8. The van der Waals surface area contributed by atoms with Crippen LogP contribution in [-0.2, 0) is 23.7 Å². The molecule has 2 aliphatic carbocycles. The highest BCUT2D eigenvalue weighted by Crippen LogP contribution is 2.49. The van der Waals surface area contributed by atoms with Crippen molar-refractivity contribution in [2.24, 2.45) is 17.8 Å². The Morgan fingerprint density at radius 3 is 2.45 bits per heavy atom. The van der Waals surface area contributed by atoms with Crippen LogP contribution in [0.4, 0.5) is 0 Å². The van der Waals surface area contributed by atoms with Crippen LogP contribution in [0.25, 0.3) is 0 Å². The third-order valence-corrected chi connectivity index (χ3v) is 8.59. The first kappa shape index (κ1) is 29.4. The molecule has 0 aromatic rings.